The molecular weight excluding hydrogens is 801 g/mol. The van der Waals surface area contributed by atoms with Crippen LogP contribution in [0.25, 0.3) is 77.2 Å². The smallest absolute Gasteiger partial charge is 0.309 e. The summed E-state index contributed by atoms with van der Waals surface area (Å²) in [6, 6.07) is 41.4. The third kappa shape index (κ3) is 6.28. The molecule has 294 valence electrons. The Bertz CT molecular complexity index is 3450. The van der Waals surface area contributed by atoms with Crippen LogP contribution in [-0.2, 0) is 12.4 Å². The molecule has 0 N–H and O–H groups in total. The molecule has 0 spiro atoms. The molecule has 2 aromatic heterocycles. The number of hydrogen-bond acceptors (Lipinski definition) is 5. The van der Waals surface area contributed by atoms with Gasteiger partial charge in [-0.2, -0.15) is 52.7 Å². The SMILES string of the molecule is N#Cc1ccc(-n2c3ccc(C#N)cc3c3cc(C#N)ccc32)c(-c2ccc(-c3cc(C(F)(F)F)cc(C(F)(F)F)c3)cc2-n2c3ccc(C#N)cc3c3cc(C#N)ccc32)c1. The van der Waals surface area contributed by atoms with E-state index in [1.165, 1.54) is 12.1 Å². The van der Waals surface area contributed by atoms with Gasteiger partial charge >= 0.3 is 12.4 Å². The van der Waals surface area contributed by atoms with Crippen molar-refractivity contribution in [2.24, 2.45) is 0 Å². The van der Waals surface area contributed by atoms with Crippen LogP contribution < -0.4 is 0 Å². The van der Waals surface area contributed by atoms with Crippen molar-refractivity contribution in [1.82, 2.24) is 9.13 Å². The second-order valence-corrected chi connectivity index (χ2v) is 14.4. The highest BCUT2D eigenvalue weighted by molar-refractivity contribution is 6.12. The zero-order valence-electron chi connectivity index (χ0n) is 31.5. The van der Waals surface area contributed by atoms with Crippen molar-refractivity contribution in [1.29, 1.82) is 26.3 Å². The quantitative estimate of drug-likeness (QED) is 0.163. The van der Waals surface area contributed by atoms with Gasteiger partial charge in [-0.15, -0.1) is 0 Å². The average Bonchev–Trinajstić information content (AvgIpc) is 3.78. The standard InChI is InChI=1S/C49H21F6N7/c50-48(51,52)34-18-33(19-35(21-34)49(53,54)55)32-6-7-36(47(20-32)62-45-11-4-30(25-59)16-40(45)41-17-31(26-60)5-12-46(41)62)37-13-27(22-56)1-8-42(37)61-43-9-2-28(23-57)14-38(43)39-15-29(24-58)3-10-44(39)61/h1-21H. The Morgan fingerprint density at radius 3 is 1.10 bits per heavy atom. The van der Waals surface area contributed by atoms with Crippen LogP contribution in [0.2, 0.25) is 0 Å². The molecule has 0 aliphatic heterocycles. The topological polar surface area (TPSA) is 129 Å². The van der Waals surface area contributed by atoms with E-state index < -0.39 is 23.5 Å². The van der Waals surface area contributed by atoms with E-state index in [1.54, 1.807) is 102 Å². The van der Waals surface area contributed by atoms with Crippen LogP contribution in [0, 0.1) is 56.7 Å². The van der Waals surface area contributed by atoms with Crippen molar-refractivity contribution in [3.63, 3.8) is 0 Å². The van der Waals surface area contributed by atoms with Gasteiger partial charge in [0, 0.05) is 32.7 Å². The number of benzene rings is 7. The van der Waals surface area contributed by atoms with E-state index in [2.05, 4.69) is 30.3 Å². The maximum Gasteiger partial charge on any atom is 0.416 e. The lowest BCUT2D eigenvalue weighted by Crippen LogP contribution is -2.11. The van der Waals surface area contributed by atoms with Gasteiger partial charge in [0.05, 0.1) is 103 Å². The lowest BCUT2D eigenvalue weighted by molar-refractivity contribution is -0.143. The zero-order chi connectivity index (χ0) is 43.7. The molecule has 0 aliphatic rings. The molecule has 62 heavy (non-hydrogen) atoms. The number of nitrogens with zero attached hydrogens (tertiary/aromatic N) is 7. The van der Waals surface area contributed by atoms with Crippen LogP contribution in [0.5, 0.6) is 0 Å². The molecule has 0 radical (unpaired) electrons. The van der Waals surface area contributed by atoms with Crippen LogP contribution in [0.4, 0.5) is 26.3 Å². The Morgan fingerprint density at radius 1 is 0.339 bits per heavy atom. The summed E-state index contributed by atoms with van der Waals surface area (Å²) in [7, 11) is 0. The van der Waals surface area contributed by atoms with Crippen LogP contribution in [0.15, 0.2) is 127 Å². The molecular formula is C49H21F6N7. The van der Waals surface area contributed by atoms with Crippen molar-refractivity contribution >= 4 is 43.6 Å². The fourth-order valence-corrected chi connectivity index (χ4v) is 8.11. The number of fused-ring (bicyclic) bond motifs is 6. The second kappa shape index (κ2) is 14.2. The van der Waals surface area contributed by atoms with Gasteiger partial charge in [0.25, 0.3) is 0 Å². The lowest BCUT2D eigenvalue weighted by atomic mass is 9.93. The van der Waals surface area contributed by atoms with Gasteiger partial charge in [-0.25, -0.2) is 0 Å². The molecule has 0 saturated carbocycles. The number of nitriles is 5. The Hall–Kier alpha value is -8.83. The number of halogens is 6. The summed E-state index contributed by atoms with van der Waals surface area (Å²) in [5, 5.41) is 51.9. The molecule has 0 unspecified atom stereocenters. The molecule has 0 saturated heterocycles. The first-order valence-electron chi connectivity index (χ1n) is 18.5. The Kier molecular flexibility index (Phi) is 8.84. The summed E-state index contributed by atoms with van der Waals surface area (Å²) >= 11 is 0. The van der Waals surface area contributed by atoms with Crippen molar-refractivity contribution in [3.05, 3.63) is 166 Å². The molecule has 9 rings (SSSR count). The molecule has 7 aromatic carbocycles. The van der Waals surface area contributed by atoms with Gasteiger partial charge < -0.3 is 9.13 Å². The fraction of sp³-hybridized carbons (Fsp3) is 0.0408. The van der Waals surface area contributed by atoms with E-state index in [9.17, 15) is 52.7 Å². The number of aromatic nitrogens is 2. The number of rotatable bonds is 4. The highest BCUT2D eigenvalue weighted by Crippen LogP contribution is 2.45. The Balaban J connectivity index is 1.43. The van der Waals surface area contributed by atoms with Gasteiger partial charge in [-0.05, 0) is 126 Å². The molecule has 2 heterocycles. The monoisotopic (exact) mass is 821 g/mol. The first-order valence-corrected chi connectivity index (χ1v) is 18.5. The zero-order valence-corrected chi connectivity index (χ0v) is 31.5. The summed E-state index contributed by atoms with van der Waals surface area (Å²) in [6.07, 6.45) is -10.2. The third-order valence-corrected chi connectivity index (χ3v) is 10.9. The Morgan fingerprint density at radius 2 is 0.710 bits per heavy atom. The molecule has 0 aliphatic carbocycles. The maximum absolute atomic E-state index is 14.2. The summed E-state index contributed by atoms with van der Waals surface area (Å²) in [5.74, 6) is 0. The summed E-state index contributed by atoms with van der Waals surface area (Å²) in [4.78, 5) is 0. The molecule has 0 bridgehead atoms. The fourth-order valence-electron chi connectivity index (χ4n) is 8.11. The highest BCUT2D eigenvalue weighted by Gasteiger charge is 2.37. The minimum Gasteiger partial charge on any atom is -0.309 e. The molecule has 7 nitrogen and oxygen atoms in total. The largest absolute Gasteiger partial charge is 0.416 e. The molecule has 0 fully saturated rings. The first kappa shape index (κ1) is 38.7. The minimum absolute atomic E-state index is 0.000516. The second-order valence-electron chi connectivity index (χ2n) is 14.4. The van der Waals surface area contributed by atoms with Crippen LogP contribution >= 0.6 is 0 Å². The van der Waals surface area contributed by atoms with Crippen molar-refractivity contribution < 1.29 is 26.3 Å². The first-order chi connectivity index (χ1) is 29.7. The Labute approximate surface area is 347 Å². The van der Waals surface area contributed by atoms with Crippen molar-refractivity contribution in [2.45, 2.75) is 12.4 Å². The van der Waals surface area contributed by atoms with E-state index in [0.29, 0.717) is 94.8 Å². The van der Waals surface area contributed by atoms with Crippen LogP contribution in [0.1, 0.15) is 38.9 Å². The molecule has 0 atom stereocenters. The van der Waals surface area contributed by atoms with Crippen molar-refractivity contribution in [2.75, 3.05) is 0 Å². The summed E-state index contributed by atoms with van der Waals surface area (Å²) in [6.45, 7) is 0. The maximum atomic E-state index is 14.2. The predicted octanol–water partition coefficient (Wildman–Crippen LogP) is 12.6. The molecule has 9 aromatic rings. The van der Waals surface area contributed by atoms with E-state index in [-0.39, 0.29) is 28.4 Å². The van der Waals surface area contributed by atoms with E-state index in [4.69, 9.17) is 0 Å². The summed E-state index contributed by atoms with van der Waals surface area (Å²) < 4.78 is 88.8. The van der Waals surface area contributed by atoms with E-state index >= 15 is 0 Å². The lowest BCUT2D eigenvalue weighted by Gasteiger charge is -2.20. The predicted molar refractivity (Wildman–Crippen MR) is 220 cm³/mol. The minimum atomic E-state index is -5.11. The van der Waals surface area contributed by atoms with Crippen LogP contribution in [0.3, 0.4) is 0 Å². The van der Waals surface area contributed by atoms with E-state index in [1.807, 2.05) is 4.57 Å². The summed E-state index contributed by atoms with van der Waals surface area (Å²) in [5.41, 5.74) is 2.06. The average molecular weight is 822 g/mol. The van der Waals surface area contributed by atoms with Gasteiger partial charge in [0.2, 0.25) is 0 Å². The van der Waals surface area contributed by atoms with Gasteiger partial charge in [-0.3, -0.25) is 0 Å². The normalized spacial score (nSPS) is 11.6. The molecule has 0 amide bonds. The van der Waals surface area contributed by atoms with Crippen molar-refractivity contribution in [3.8, 4) is 64.0 Å². The number of alkyl halides is 6. The molecule has 13 heteroatoms. The third-order valence-electron chi connectivity index (χ3n) is 10.9. The van der Waals surface area contributed by atoms with Gasteiger partial charge in [0.15, 0.2) is 0 Å². The van der Waals surface area contributed by atoms with Gasteiger partial charge in [0.1, 0.15) is 0 Å². The van der Waals surface area contributed by atoms with Gasteiger partial charge in [-0.1, -0.05) is 12.1 Å². The van der Waals surface area contributed by atoms with E-state index in [0.717, 1.165) is 0 Å². The van der Waals surface area contributed by atoms with Crippen LogP contribution in [-0.4, -0.2) is 9.13 Å². The number of hydrogen-bond donors (Lipinski definition) is 0. The highest BCUT2D eigenvalue weighted by atomic mass is 19.4.